The van der Waals surface area contributed by atoms with Crippen molar-refractivity contribution in [2.75, 3.05) is 0 Å². The van der Waals surface area contributed by atoms with E-state index in [9.17, 15) is 4.79 Å². The number of aromatic nitrogens is 2. The maximum atomic E-state index is 10.9. The summed E-state index contributed by atoms with van der Waals surface area (Å²) in [7, 11) is 0. The maximum Gasteiger partial charge on any atom is 0.217 e. The molecule has 0 spiro atoms. The normalized spacial score (nSPS) is 10.3. The van der Waals surface area contributed by atoms with Crippen molar-refractivity contribution in [2.24, 2.45) is 0 Å². The van der Waals surface area contributed by atoms with Crippen LogP contribution in [0.3, 0.4) is 0 Å². The molecule has 0 radical (unpaired) electrons. The Hall–Kier alpha value is -2.35. The van der Waals surface area contributed by atoms with E-state index < -0.39 is 0 Å². The van der Waals surface area contributed by atoms with Crippen LogP contribution in [-0.4, -0.2) is 15.5 Å². The number of rotatable bonds is 3. The van der Waals surface area contributed by atoms with Gasteiger partial charge in [-0.3, -0.25) is 4.79 Å². The van der Waals surface area contributed by atoms with Crippen molar-refractivity contribution < 1.29 is 4.79 Å². The minimum atomic E-state index is -0.0811. The van der Waals surface area contributed by atoms with E-state index in [1.807, 2.05) is 23.6 Å². The van der Waals surface area contributed by atoms with E-state index in [-0.39, 0.29) is 5.91 Å². The molecule has 1 aromatic heterocycles. The summed E-state index contributed by atoms with van der Waals surface area (Å²) in [5.41, 5.74) is 2.39. The maximum absolute atomic E-state index is 10.9. The first-order chi connectivity index (χ1) is 8.65. The second-order valence-corrected chi connectivity index (χ2v) is 4.00. The van der Waals surface area contributed by atoms with Crippen LogP contribution in [0.5, 0.6) is 0 Å². The van der Waals surface area contributed by atoms with Gasteiger partial charge in [-0.1, -0.05) is 0 Å². The number of nitrogens with one attached hydrogen (secondary N) is 1. The number of nitriles is 1. The summed E-state index contributed by atoms with van der Waals surface area (Å²) in [4.78, 5) is 15.4. The lowest BCUT2D eigenvalue weighted by atomic mass is 10.2. The minimum Gasteiger partial charge on any atom is -0.349 e. The molecule has 0 aliphatic carbocycles. The monoisotopic (exact) mass is 242 g/mol. The quantitative estimate of drug-likeness (QED) is 0.888. The number of fused-ring (bicyclic) bond motifs is 1. The number of benzene rings is 1. The lowest BCUT2D eigenvalue weighted by molar-refractivity contribution is -0.119. The van der Waals surface area contributed by atoms with Crippen LogP contribution >= 0.6 is 0 Å². The number of hydrogen-bond donors (Lipinski definition) is 1. The van der Waals surface area contributed by atoms with Gasteiger partial charge in [0.1, 0.15) is 5.82 Å². The standard InChI is InChI=1S/C13H14N4O/c1-3-17-12-6-10(7-14)4-5-11(12)16-13(17)8-15-9(2)18/h4-6H,3,8H2,1-2H3,(H,15,18). The third-order valence-electron chi connectivity index (χ3n) is 2.77. The van der Waals surface area contributed by atoms with Gasteiger partial charge in [0.05, 0.1) is 29.2 Å². The highest BCUT2D eigenvalue weighted by molar-refractivity contribution is 5.78. The highest BCUT2D eigenvalue weighted by atomic mass is 16.1. The fraction of sp³-hybridized carbons (Fsp3) is 0.308. The van der Waals surface area contributed by atoms with Crippen molar-refractivity contribution in [3.8, 4) is 6.07 Å². The molecule has 0 saturated carbocycles. The number of carbonyl (C=O) groups is 1. The molecular formula is C13H14N4O. The molecule has 0 aliphatic rings. The van der Waals surface area contributed by atoms with Crippen molar-refractivity contribution in [1.82, 2.24) is 14.9 Å². The molecule has 0 aliphatic heterocycles. The molecule has 0 atom stereocenters. The number of imidazole rings is 1. The molecule has 2 aromatic rings. The Bertz CT molecular complexity index is 636. The SMILES string of the molecule is CCn1c(CNC(C)=O)nc2ccc(C#N)cc21. The molecule has 92 valence electrons. The Labute approximate surface area is 105 Å². The smallest absolute Gasteiger partial charge is 0.217 e. The summed E-state index contributed by atoms with van der Waals surface area (Å²) in [5, 5.41) is 11.6. The summed E-state index contributed by atoms with van der Waals surface area (Å²) in [6.45, 7) is 4.64. The van der Waals surface area contributed by atoms with Gasteiger partial charge in [-0.15, -0.1) is 0 Å². The molecule has 1 amide bonds. The lowest BCUT2D eigenvalue weighted by Gasteiger charge is -2.06. The van der Waals surface area contributed by atoms with Crippen LogP contribution in [0.4, 0.5) is 0 Å². The van der Waals surface area contributed by atoms with Gasteiger partial charge < -0.3 is 9.88 Å². The molecule has 0 saturated heterocycles. The molecule has 2 rings (SSSR count). The van der Waals surface area contributed by atoms with Crippen LogP contribution in [0, 0.1) is 11.3 Å². The van der Waals surface area contributed by atoms with E-state index in [0.29, 0.717) is 12.1 Å². The first-order valence-corrected chi connectivity index (χ1v) is 5.79. The zero-order chi connectivity index (χ0) is 13.1. The van der Waals surface area contributed by atoms with Crippen LogP contribution in [0.25, 0.3) is 11.0 Å². The average molecular weight is 242 g/mol. The molecule has 0 unspecified atom stereocenters. The van der Waals surface area contributed by atoms with Crippen LogP contribution in [0.2, 0.25) is 0 Å². The van der Waals surface area contributed by atoms with Crippen molar-refractivity contribution in [1.29, 1.82) is 5.26 Å². The summed E-state index contributed by atoms with van der Waals surface area (Å²) in [6.07, 6.45) is 0. The molecule has 1 heterocycles. The van der Waals surface area contributed by atoms with Crippen LogP contribution in [-0.2, 0) is 17.9 Å². The Kier molecular flexibility index (Phi) is 3.28. The van der Waals surface area contributed by atoms with E-state index in [1.165, 1.54) is 6.92 Å². The van der Waals surface area contributed by atoms with Gasteiger partial charge in [0.15, 0.2) is 0 Å². The fourth-order valence-corrected chi connectivity index (χ4v) is 1.93. The van der Waals surface area contributed by atoms with Crippen molar-refractivity contribution >= 4 is 16.9 Å². The van der Waals surface area contributed by atoms with Crippen molar-refractivity contribution in [3.63, 3.8) is 0 Å². The molecule has 1 aromatic carbocycles. The highest BCUT2D eigenvalue weighted by Gasteiger charge is 2.10. The topological polar surface area (TPSA) is 70.7 Å². The number of hydrogen-bond acceptors (Lipinski definition) is 3. The Morgan fingerprint density at radius 1 is 1.56 bits per heavy atom. The predicted molar refractivity (Wildman–Crippen MR) is 67.6 cm³/mol. The molecule has 0 bridgehead atoms. The number of aryl methyl sites for hydroxylation is 1. The highest BCUT2D eigenvalue weighted by Crippen LogP contribution is 2.17. The van der Waals surface area contributed by atoms with Crippen molar-refractivity contribution in [3.05, 3.63) is 29.6 Å². The summed E-state index contributed by atoms with van der Waals surface area (Å²) < 4.78 is 2.01. The summed E-state index contributed by atoms with van der Waals surface area (Å²) in [5.74, 6) is 0.722. The number of amides is 1. The van der Waals surface area contributed by atoms with E-state index in [0.717, 1.165) is 23.4 Å². The lowest BCUT2D eigenvalue weighted by Crippen LogP contribution is -2.21. The van der Waals surface area contributed by atoms with Gasteiger partial charge in [0, 0.05) is 13.5 Å². The average Bonchev–Trinajstić information content (AvgIpc) is 2.72. The minimum absolute atomic E-state index is 0.0811. The predicted octanol–water partition coefficient (Wildman–Crippen LogP) is 1.56. The van der Waals surface area contributed by atoms with E-state index in [4.69, 9.17) is 5.26 Å². The molecule has 5 heteroatoms. The van der Waals surface area contributed by atoms with Crippen LogP contribution in [0.1, 0.15) is 25.2 Å². The van der Waals surface area contributed by atoms with E-state index in [1.54, 1.807) is 6.07 Å². The zero-order valence-electron chi connectivity index (χ0n) is 10.4. The van der Waals surface area contributed by atoms with Crippen LogP contribution < -0.4 is 5.32 Å². The number of nitrogens with zero attached hydrogens (tertiary/aromatic N) is 3. The molecule has 1 N–H and O–H groups in total. The summed E-state index contributed by atoms with van der Waals surface area (Å²) in [6, 6.07) is 7.52. The largest absolute Gasteiger partial charge is 0.349 e. The van der Waals surface area contributed by atoms with Crippen molar-refractivity contribution in [2.45, 2.75) is 26.9 Å². The second kappa shape index (κ2) is 4.88. The molecular weight excluding hydrogens is 228 g/mol. The Morgan fingerprint density at radius 3 is 2.94 bits per heavy atom. The van der Waals surface area contributed by atoms with Gasteiger partial charge in [-0.25, -0.2) is 4.98 Å². The Morgan fingerprint density at radius 2 is 2.33 bits per heavy atom. The van der Waals surface area contributed by atoms with Gasteiger partial charge in [0.25, 0.3) is 0 Å². The molecule has 0 fully saturated rings. The number of carbonyl (C=O) groups excluding carboxylic acids is 1. The van der Waals surface area contributed by atoms with Gasteiger partial charge in [-0.05, 0) is 25.1 Å². The summed E-state index contributed by atoms with van der Waals surface area (Å²) >= 11 is 0. The van der Waals surface area contributed by atoms with Crippen LogP contribution in [0.15, 0.2) is 18.2 Å². The second-order valence-electron chi connectivity index (χ2n) is 4.00. The Balaban J connectivity index is 2.48. The fourth-order valence-electron chi connectivity index (χ4n) is 1.93. The third kappa shape index (κ3) is 2.18. The first kappa shape index (κ1) is 12.1. The zero-order valence-corrected chi connectivity index (χ0v) is 10.4. The molecule has 5 nitrogen and oxygen atoms in total. The van der Waals surface area contributed by atoms with Gasteiger partial charge in [0.2, 0.25) is 5.91 Å². The van der Waals surface area contributed by atoms with Gasteiger partial charge in [-0.2, -0.15) is 5.26 Å². The third-order valence-corrected chi connectivity index (χ3v) is 2.77. The van der Waals surface area contributed by atoms with E-state index in [2.05, 4.69) is 16.4 Å². The van der Waals surface area contributed by atoms with E-state index >= 15 is 0 Å². The van der Waals surface area contributed by atoms with Gasteiger partial charge >= 0.3 is 0 Å². The first-order valence-electron chi connectivity index (χ1n) is 5.79. The molecule has 18 heavy (non-hydrogen) atoms.